The van der Waals surface area contributed by atoms with Crippen LogP contribution in [0.25, 0.3) is 0 Å². The molecule has 2 aliphatic rings. The van der Waals surface area contributed by atoms with Gasteiger partial charge in [0, 0.05) is 48.2 Å². The smallest absolute Gasteiger partial charge is 0.305 e. The van der Waals surface area contributed by atoms with Crippen LogP contribution in [0, 0.1) is 0 Å². The van der Waals surface area contributed by atoms with Gasteiger partial charge in [-0.1, -0.05) is 68.5 Å². The number of anilines is 1. The first-order valence-corrected chi connectivity index (χ1v) is 18.0. The number of allylic oxidation sites excluding steroid dienone is 6. The van der Waals surface area contributed by atoms with E-state index in [0.717, 1.165) is 6.54 Å². The van der Waals surface area contributed by atoms with Crippen LogP contribution >= 0.6 is 0 Å². The number of hydrogen-bond donors (Lipinski definition) is 1. The lowest BCUT2D eigenvalue weighted by Crippen LogP contribution is -2.29. The third-order valence-corrected chi connectivity index (χ3v) is 9.26. The minimum atomic E-state index is -0.862. The van der Waals surface area contributed by atoms with Gasteiger partial charge in [-0.15, -0.1) is 0 Å². The first-order chi connectivity index (χ1) is 24.7. The predicted octanol–water partition coefficient (Wildman–Crippen LogP) is 6.06. The van der Waals surface area contributed by atoms with Gasteiger partial charge in [0.2, 0.25) is 5.69 Å². The van der Waals surface area contributed by atoms with Crippen molar-refractivity contribution in [1.29, 1.82) is 0 Å². The first kappa shape index (κ1) is 40.1. The highest BCUT2D eigenvalue weighted by Gasteiger charge is 2.44. The Bertz CT molecular complexity index is 1530. The largest absolute Gasteiger partial charge is 0.481 e. The molecule has 0 spiro atoms. The number of carboxylic acids is 1. The number of hydrogen-bond acceptors (Lipinski definition) is 8. The molecule has 0 saturated heterocycles. The molecule has 0 aromatic heterocycles. The lowest BCUT2D eigenvalue weighted by atomic mass is 9.81. The fourth-order valence-electron chi connectivity index (χ4n) is 6.60. The summed E-state index contributed by atoms with van der Waals surface area (Å²) >= 11 is 0. The molecule has 0 radical (unpaired) electrons. The van der Waals surface area contributed by atoms with E-state index in [1.165, 1.54) is 33.9 Å². The van der Waals surface area contributed by atoms with Crippen LogP contribution in [0.2, 0.25) is 0 Å². The molecule has 0 unspecified atom stereocenters. The van der Waals surface area contributed by atoms with Gasteiger partial charge in [0.15, 0.2) is 12.3 Å². The monoisotopic (exact) mass is 705 g/mol. The lowest BCUT2D eigenvalue weighted by Gasteiger charge is -2.27. The molecule has 10 heteroatoms. The van der Waals surface area contributed by atoms with E-state index in [1.54, 1.807) is 7.11 Å². The van der Waals surface area contributed by atoms with Gasteiger partial charge >= 0.3 is 5.97 Å². The normalized spacial score (nSPS) is 17.0. The highest BCUT2D eigenvalue weighted by Crippen LogP contribution is 2.47. The molecule has 0 aliphatic carbocycles. The van der Waals surface area contributed by atoms with E-state index in [1.807, 2.05) is 0 Å². The van der Waals surface area contributed by atoms with Crippen molar-refractivity contribution in [3.63, 3.8) is 0 Å². The van der Waals surface area contributed by atoms with Crippen molar-refractivity contribution in [2.75, 3.05) is 97.8 Å². The van der Waals surface area contributed by atoms with Crippen molar-refractivity contribution in [1.82, 2.24) is 0 Å². The van der Waals surface area contributed by atoms with Crippen molar-refractivity contribution >= 4 is 23.1 Å². The number of para-hydroxylation sites is 2. The van der Waals surface area contributed by atoms with Gasteiger partial charge in [-0.25, -0.2) is 0 Å². The van der Waals surface area contributed by atoms with E-state index in [9.17, 15) is 4.79 Å². The number of benzene rings is 2. The van der Waals surface area contributed by atoms with Crippen LogP contribution < -0.4 is 4.90 Å². The standard InChI is InChI=1S/C41H56N2O8/c1-40(2)33-13-9-11-15-35(33)42(20-23-48-28-27-47-22-19-39(44)45)37(40)17-7-6-8-18-38-41(3,4)34-14-10-12-16-36(34)43(38)21-24-49-29-30-51-32-31-50-26-25-46-5/h6-18H,19-32H2,1-5H3/p+1. The van der Waals surface area contributed by atoms with E-state index in [0.29, 0.717) is 72.6 Å². The Morgan fingerprint density at radius 2 is 1.29 bits per heavy atom. The molecule has 278 valence electrons. The average Bonchev–Trinajstić information content (AvgIpc) is 3.46. The zero-order chi connectivity index (χ0) is 36.5. The van der Waals surface area contributed by atoms with E-state index < -0.39 is 5.97 Å². The Morgan fingerprint density at radius 3 is 1.98 bits per heavy atom. The molecule has 0 bridgehead atoms. The molecule has 0 fully saturated rings. The molecule has 0 amide bonds. The summed E-state index contributed by atoms with van der Waals surface area (Å²) in [5.41, 5.74) is 7.11. The molecule has 2 aromatic carbocycles. The Kier molecular flexibility index (Phi) is 16.1. The third kappa shape index (κ3) is 11.2. The van der Waals surface area contributed by atoms with E-state index in [4.69, 9.17) is 33.5 Å². The number of fused-ring (bicyclic) bond motifs is 2. The topological polar surface area (TPSA) is 98.9 Å². The molecule has 2 aromatic rings. The summed E-state index contributed by atoms with van der Waals surface area (Å²) in [5, 5.41) is 8.77. The minimum absolute atomic E-state index is 0.00126. The minimum Gasteiger partial charge on any atom is -0.481 e. The van der Waals surface area contributed by atoms with Gasteiger partial charge in [-0.2, -0.15) is 4.58 Å². The Balaban J connectivity index is 1.38. The highest BCUT2D eigenvalue weighted by atomic mass is 16.6. The molecule has 4 rings (SSSR count). The second kappa shape index (κ2) is 20.4. The molecule has 10 nitrogen and oxygen atoms in total. The van der Waals surface area contributed by atoms with Crippen molar-refractivity contribution < 1.29 is 42.9 Å². The molecule has 1 N–H and O–H groups in total. The SMILES string of the molecule is COCCOCCOCCOCC[N+]1=C(/C=C/C=C/C=C2/N(CCOCCOCCC(=O)O)c3ccccc3C2(C)C)C(C)(C)c2ccccc21. The summed E-state index contributed by atoms with van der Waals surface area (Å²) in [4.78, 5) is 13.0. The summed E-state index contributed by atoms with van der Waals surface area (Å²) in [6, 6.07) is 17.2. The van der Waals surface area contributed by atoms with Gasteiger partial charge in [-0.05, 0) is 31.6 Å². The molecular weight excluding hydrogens is 648 g/mol. The van der Waals surface area contributed by atoms with Gasteiger partial charge in [0.05, 0.1) is 77.9 Å². The van der Waals surface area contributed by atoms with Gasteiger partial charge in [0.1, 0.15) is 6.61 Å². The first-order valence-electron chi connectivity index (χ1n) is 18.0. The fourth-order valence-corrected chi connectivity index (χ4v) is 6.60. The number of methoxy groups -OCH3 is 1. The second-order valence-electron chi connectivity index (χ2n) is 13.5. The van der Waals surface area contributed by atoms with Crippen molar-refractivity contribution in [3.8, 4) is 0 Å². The Hall–Kier alpha value is -3.64. The van der Waals surface area contributed by atoms with Crippen LogP contribution in [0.4, 0.5) is 11.4 Å². The van der Waals surface area contributed by atoms with Crippen LogP contribution in [0.1, 0.15) is 45.2 Å². The number of aliphatic carboxylic acids is 1. The Morgan fingerprint density at radius 1 is 0.706 bits per heavy atom. The Labute approximate surface area is 303 Å². The number of nitrogens with zero attached hydrogens (tertiary/aromatic N) is 2. The van der Waals surface area contributed by atoms with Crippen LogP contribution in [0.3, 0.4) is 0 Å². The van der Waals surface area contributed by atoms with Crippen molar-refractivity contribution in [2.45, 2.75) is 44.9 Å². The quantitative estimate of drug-likeness (QED) is 0.0794. The van der Waals surface area contributed by atoms with Crippen LogP contribution in [0.15, 0.2) is 84.6 Å². The summed E-state index contributed by atoms with van der Waals surface area (Å²) in [5.74, 6) is -0.862. The van der Waals surface area contributed by atoms with Gasteiger partial charge in [0.25, 0.3) is 0 Å². The molecule has 51 heavy (non-hydrogen) atoms. The zero-order valence-corrected chi connectivity index (χ0v) is 31.1. The molecule has 0 atom stereocenters. The maximum Gasteiger partial charge on any atom is 0.305 e. The second-order valence-corrected chi connectivity index (χ2v) is 13.5. The number of ether oxygens (including phenoxy) is 6. The summed E-state index contributed by atoms with van der Waals surface area (Å²) < 4.78 is 35.6. The number of rotatable bonds is 24. The van der Waals surface area contributed by atoms with E-state index in [2.05, 4.69) is 116 Å². The zero-order valence-electron chi connectivity index (χ0n) is 31.1. The molecule has 0 saturated carbocycles. The maximum absolute atomic E-state index is 10.7. The predicted molar refractivity (Wildman–Crippen MR) is 201 cm³/mol. The highest BCUT2D eigenvalue weighted by molar-refractivity contribution is 6.03. The summed E-state index contributed by atoms with van der Waals surface area (Å²) in [6.07, 6.45) is 10.8. The number of carboxylic acid groups (broad SMARTS) is 1. The van der Waals surface area contributed by atoms with Crippen LogP contribution in [0.5, 0.6) is 0 Å². The van der Waals surface area contributed by atoms with Crippen LogP contribution in [-0.2, 0) is 44.0 Å². The number of carbonyl (C=O) groups is 1. The van der Waals surface area contributed by atoms with Crippen molar-refractivity contribution in [2.24, 2.45) is 0 Å². The fraction of sp³-hybridized carbons (Fsp3) is 0.512. The molecule has 2 aliphatic heterocycles. The van der Waals surface area contributed by atoms with E-state index in [-0.39, 0.29) is 23.9 Å². The van der Waals surface area contributed by atoms with Crippen LogP contribution in [-0.4, -0.2) is 114 Å². The third-order valence-electron chi connectivity index (χ3n) is 9.26. The summed E-state index contributed by atoms with van der Waals surface area (Å²) in [6.45, 7) is 15.9. The summed E-state index contributed by atoms with van der Waals surface area (Å²) in [7, 11) is 1.66. The maximum atomic E-state index is 10.7. The average molecular weight is 706 g/mol. The lowest BCUT2D eigenvalue weighted by molar-refractivity contribution is -0.442. The van der Waals surface area contributed by atoms with Gasteiger partial charge < -0.3 is 38.4 Å². The van der Waals surface area contributed by atoms with Crippen molar-refractivity contribution in [3.05, 3.63) is 95.7 Å². The van der Waals surface area contributed by atoms with Gasteiger partial charge in [-0.3, -0.25) is 4.79 Å². The van der Waals surface area contributed by atoms with E-state index >= 15 is 0 Å². The molecule has 2 heterocycles. The molecular formula is C41H57N2O8+.